The van der Waals surface area contributed by atoms with Gasteiger partial charge in [0.05, 0.1) is 6.10 Å². The van der Waals surface area contributed by atoms with Gasteiger partial charge < -0.3 is 15.5 Å². The molecule has 3 rings (SSSR count). The highest BCUT2D eigenvalue weighted by molar-refractivity contribution is 5.16. The molecule has 25 heavy (non-hydrogen) atoms. The van der Waals surface area contributed by atoms with E-state index in [0.717, 1.165) is 11.3 Å². The smallest absolute Gasteiger partial charge is 0.125 e. The van der Waals surface area contributed by atoms with Gasteiger partial charge in [0.1, 0.15) is 11.6 Å². The highest BCUT2D eigenvalue weighted by atomic mass is 19.1. The zero-order chi connectivity index (χ0) is 17.8. The summed E-state index contributed by atoms with van der Waals surface area (Å²) in [5.74, 6) is 0.362. The number of aliphatic hydroxyl groups excluding tert-OH is 2. The van der Waals surface area contributed by atoms with Crippen molar-refractivity contribution in [3.63, 3.8) is 0 Å². The number of nitrogens with zero attached hydrogens (tertiary/aromatic N) is 2. The lowest BCUT2D eigenvalue weighted by Gasteiger charge is -2.25. The largest absolute Gasteiger partial charge is 0.396 e. The molecule has 1 saturated carbocycles. The first-order valence-electron chi connectivity index (χ1n) is 8.62. The molecule has 0 bridgehead atoms. The Morgan fingerprint density at radius 3 is 2.64 bits per heavy atom. The van der Waals surface area contributed by atoms with Crippen LogP contribution in [0.15, 0.2) is 36.5 Å². The Morgan fingerprint density at radius 1 is 1.20 bits per heavy atom. The quantitative estimate of drug-likeness (QED) is 0.741. The predicted molar refractivity (Wildman–Crippen MR) is 92.2 cm³/mol. The van der Waals surface area contributed by atoms with Crippen LogP contribution in [0, 0.1) is 24.6 Å². The third-order valence-corrected chi connectivity index (χ3v) is 5.03. The molecule has 1 heterocycles. The van der Waals surface area contributed by atoms with Gasteiger partial charge in [0, 0.05) is 37.0 Å². The second-order valence-corrected chi connectivity index (χ2v) is 6.73. The lowest BCUT2D eigenvalue weighted by Crippen LogP contribution is -2.36. The second-order valence-electron chi connectivity index (χ2n) is 6.73. The molecule has 0 amide bonds. The van der Waals surface area contributed by atoms with E-state index in [0.29, 0.717) is 25.2 Å². The topological polar surface area (TPSA) is 78.3 Å². The summed E-state index contributed by atoms with van der Waals surface area (Å²) in [6, 6.07) is 8.33. The monoisotopic (exact) mass is 345 g/mol. The number of hydrogen-bond acceptors (Lipinski definition) is 5. The summed E-state index contributed by atoms with van der Waals surface area (Å²) in [4.78, 5) is 8.56. The van der Waals surface area contributed by atoms with E-state index >= 15 is 0 Å². The van der Waals surface area contributed by atoms with Crippen LogP contribution in [-0.2, 0) is 13.0 Å². The predicted octanol–water partition coefficient (Wildman–Crippen LogP) is 1.61. The van der Waals surface area contributed by atoms with Crippen molar-refractivity contribution < 1.29 is 14.6 Å². The first-order chi connectivity index (χ1) is 12.1. The highest BCUT2D eigenvalue weighted by Gasteiger charge is 2.41. The molecule has 134 valence electrons. The van der Waals surface area contributed by atoms with Gasteiger partial charge in [-0.15, -0.1) is 0 Å². The third kappa shape index (κ3) is 4.39. The Balaban J connectivity index is 1.70. The van der Waals surface area contributed by atoms with E-state index < -0.39 is 6.10 Å². The van der Waals surface area contributed by atoms with Gasteiger partial charge in [0.2, 0.25) is 0 Å². The normalized spacial score (nSPS) is 26.1. The van der Waals surface area contributed by atoms with Gasteiger partial charge in [0.25, 0.3) is 0 Å². The van der Waals surface area contributed by atoms with Crippen LogP contribution in [0.5, 0.6) is 0 Å². The molecule has 1 aliphatic carbocycles. The summed E-state index contributed by atoms with van der Waals surface area (Å²) >= 11 is 0. The van der Waals surface area contributed by atoms with Crippen LogP contribution in [0.4, 0.5) is 4.39 Å². The number of hydrogen-bond donors (Lipinski definition) is 3. The maximum Gasteiger partial charge on any atom is 0.125 e. The number of halogens is 1. The summed E-state index contributed by atoms with van der Waals surface area (Å²) in [6.07, 6.45) is 2.45. The molecule has 1 aliphatic rings. The molecular formula is C19H24FN3O2. The molecule has 1 aromatic carbocycles. The molecule has 0 saturated heterocycles. The van der Waals surface area contributed by atoms with Crippen LogP contribution in [0.1, 0.15) is 23.5 Å². The molecule has 0 aliphatic heterocycles. The highest BCUT2D eigenvalue weighted by Crippen LogP contribution is 2.34. The van der Waals surface area contributed by atoms with E-state index in [1.165, 1.54) is 12.1 Å². The van der Waals surface area contributed by atoms with E-state index in [1.807, 2.05) is 13.0 Å². The molecule has 1 fully saturated rings. The first kappa shape index (κ1) is 17.9. The maximum atomic E-state index is 13.0. The molecule has 3 N–H and O–H groups in total. The summed E-state index contributed by atoms with van der Waals surface area (Å²) < 4.78 is 13.0. The Labute approximate surface area is 147 Å². The maximum absolute atomic E-state index is 13.0. The molecular weight excluding hydrogens is 321 g/mol. The number of aromatic nitrogens is 2. The van der Waals surface area contributed by atoms with Crippen molar-refractivity contribution in [1.29, 1.82) is 0 Å². The third-order valence-electron chi connectivity index (χ3n) is 5.03. The summed E-state index contributed by atoms with van der Waals surface area (Å²) in [5.41, 5.74) is 1.90. The Kier molecular flexibility index (Phi) is 5.73. The molecule has 0 unspecified atom stereocenters. The van der Waals surface area contributed by atoms with Crippen molar-refractivity contribution >= 4 is 0 Å². The summed E-state index contributed by atoms with van der Waals surface area (Å²) in [6.45, 7) is 2.39. The van der Waals surface area contributed by atoms with Crippen LogP contribution >= 0.6 is 0 Å². The van der Waals surface area contributed by atoms with Crippen molar-refractivity contribution in [1.82, 2.24) is 15.3 Å². The Bertz CT molecular complexity index is 695. The molecule has 5 nitrogen and oxygen atoms in total. The molecule has 0 spiro atoms. The second kappa shape index (κ2) is 7.99. The van der Waals surface area contributed by atoms with Crippen molar-refractivity contribution in [2.45, 2.75) is 38.5 Å². The first-order valence-corrected chi connectivity index (χ1v) is 8.62. The van der Waals surface area contributed by atoms with Gasteiger partial charge in [-0.2, -0.15) is 0 Å². The van der Waals surface area contributed by atoms with Gasteiger partial charge in [-0.25, -0.2) is 14.4 Å². The van der Waals surface area contributed by atoms with E-state index in [1.54, 1.807) is 18.3 Å². The van der Waals surface area contributed by atoms with Crippen molar-refractivity contribution in [3.8, 4) is 0 Å². The number of nitrogens with one attached hydrogen (secondary N) is 1. The Morgan fingerprint density at radius 2 is 1.96 bits per heavy atom. The minimum Gasteiger partial charge on any atom is -0.396 e. The standard InChI is InChI=1S/C19H24FN3O2/c1-12-21-7-6-15(23-12)8-16-17(11-24)19(25)9-18(16)22-10-13-2-4-14(20)5-3-13/h2-7,16-19,22,24-25H,8-11H2,1H3/t16-,17-,18-,19-/m1/s1. The fourth-order valence-corrected chi connectivity index (χ4v) is 3.69. The van der Waals surface area contributed by atoms with E-state index in [2.05, 4.69) is 15.3 Å². The number of aliphatic hydroxyl groups is 2. The minimum absolute atomic E-state index is 0.0510. The van der Waals surface area contributed by atoms with E-state index in [4.69, 9.17) is 0 Å². The van der Waals surface area contributed by atoms with Crippen molar-refractivity contribution in [2.75, 3.05) is 6.61 Å². The summed E-state index contributed by atoms with van der Waals surface area (Å²) in [5, 5.41) is 23.5. The van der Waals surface area contributed by atoms with Crippen LogP contribution in [0.3, 0.4) is 0 Å². The number of benzene rings is 1. The van der Waals surface area contributed by atoms with Gasteiger partial charge in [-0.1, -0.05) is 12.1 Å². The fraction of sp³-hybridized carbons (Fsp3) is 0.474. The molecule has 1 aromatic heterocycles. The SMILES string of the molecule is Cc1nccc(C[C@@H]2[C@@H](CO)[C@H](O)C[C@H]2NCc2ccc(F)cc2)n1. The fourth-order valence-electron chi connectivity index (χ4n) is 3.69. The number of rotatable bonds is 6. The van der Waals surface area contributed by atoms with Crippen LogP contribution in [0.25, 0.3) is 0 Å². The van der Waals surface area contributed by atoms with Crippen molar-refractivity contribution in [2.24, 2.45) is 11.8 Å². The van der Waals surface area contributed by atoms with E-state index in [9.17, 15) is 14.6 Å². The minimum atomic E-state index is -0.538. The molecule has 6 heteroatoms. The van der Waals surface area contributed by atoms with Gasteiger partial charge in [0.15, 0.2) is 0 Å². The summed E-state index contributed by atoms with van der Waals surface area (Å²) in [7, 11) is 0. The average molecular weight is 345 g/mol. The Hall–Kier alpha value is -1.89. The van der Waals surface area contributed by atoms with Crippen LogP contribution in [-0.4, -0.2) is 38.9 Å². The zero-order valence-electron chi connectivity index (χ0n) is 14.3. The molecule has 0 radical (unpaired) electrons. The van der Waals surface area contributed by atoms with Gasteiger partial charge in [-0.05, 0) is 49.4 Å². The lowest BCUT2D eigenvalue weighted by atomic mass is 9.88. The van der Waals surface area contributed by atoms with Gasteiger partial charge in [-0.3, -0.25) is 0 Å². The van der Waals surface area contributed by atoms with E-state index in [-0.39, 0.29) is 30.3 Å². The van der Waals surface area contributed by atoms with Crippen LogP contribution < -0.4 is 5.32 Å². The van der Waals surface area contributed by atoms with Crippen molar-refractivity contribution in [3.05, 3.63) is 59.4 Å². The average Bonchev–Trinajstić information content (AvgIpc) is 2.89. The van der Waals surface area contributed by atoms with Crippen LogP contribution in [0.2, 0.25) is 0 Å². The number of aryl methyl sites for hydroxylation is 1. The molecule has 4 atom stereocenters. The van der Waals surface area contributed by atoms with Gasteiger partial charge >= 0.3 is 0 Å². The molecule has 2 aromatic rings. The lowest BCUT2D eigenvalue weighted by molar-refractivity contribution is 0.0716. The zero-order valence-corrected chi connectivity index (χ0v) is 14.3.